The zero-order chi connectivity index (χ0) is 12.3. The molecule has 2 N–H and O–H groups in total. The first-order valence-electron chi connectivity index (χ1n) is 5.02. The van der Waals surface area contributed by atoms with Gasteiger partial charge in [0.15, 0.2) is 0 Å². The molecule has 7 heteroatoms. The van der Waals surface area contributed by atoms with Crippen molar-refractivity contribution in [2.24, 2.45) is 0 Å². The summed E-state index contributed by atoms with van der Waals surface area (Å²) in [5, 5.41) is 10.8. The highest BCUT2D eigenvalue weighted by Gasteiger charge is 2.15. The van der Waals surface area contributed by atoms with Gasteiger partial charge in [-0.1, -0.05) is 0 Å². The second-order valence-electron chi connectivity index (χ2n) is 3.25. The molecule has 0 unspecified atom stereocenters. The largest absolute Gasteiger partial charge is 0.462 e. The average Bonchev–Trinajstić information content (AvgIpc) is 2.82. The minimum atomic E-state index is -0.453. The molecule has 88 valence electrons. The van der Waals surface area contributed by atoms with Crippen molar-refractivity contribution in [3.8, 4) is 5.69 Å². The van der Waals surface area contributed by atoms with E-state index in [9.17, 15) is 4.79 Å². The molecular formula is C10H11N5O2. The summed E-state index contributed by atoms with van der Waals surface area (Å²) in [6, 6.07) is 4.87. The molecule has 2 aromatic rings. The molecule has 0 saturated carbocycles. The van der Waals surface area contributed by atoms with Crippen molar-refractivity contribution in [3.63, 3.8) is 0 Å². The molecule has 0 aliphatic heterocycles. The van der Waals surface area contributed by atoms with Crippen LogP contribution in [0.1, 0.15) is 17.3 Å². The van der Waals surface area contributed by atoms with Crippen LogP contribution in [0.5, 0.6) is 0 Å². The summed E-state index contributed by atoms with van der Waals surface area (Å²) in [5.41, 5.74) is 6.99. The molecule has 1 aromatic heterocycles. The fourth-order valence-electron chi connectivity index (χ4n) is 1.40. The van der Waals surface area contributed by atoms with E-state index in [1.54, 1.807) is 19.1 Å². The normalized spacial score (nSPS) is 10.2. The number of hydrogen-bond acceptors (Lipinski definition) is 6. The Bertz CT molecular complexity index is 523. The van der Waals surface area contributed by atoms with Crippen molar-refractivity contribution in [2.45, 2.75) is 6.92 Å². The Morgan fingerprint density at radius 2 is 2.35 bits per heavy atom. The van der Waals surface area contributed by atoms with E-state index in [4.69, 9.17) is 10.5 Å². The van der Waals surface area contributed by atoms with Crippen LogP contribution in [-0.2, 0) is 4.74 Å². The lowest BCUT2D eigenvalue weighted by Crippen LogP contribution is -2.10. The number of rotatable bonds is 3. The summed E-state index contributed by atoms with van der Waals surface area (Å²) in [4.78, 5) is 11.8. The van der Waals surface area contributed by atoms with Gasteiger partial charge in [-0.15, -0.1) is 5.10 Å². The van der Waals surface area contributed by atoms with Crippen molar-refractivity contribution in [1.82, 2.24) is 20.2 Å². The quantitative estimate of drug-likeness (QED) is 0.609. The maximum atomic E-state index is 11.8. The number of nitrogen functional groups attached to an aromatic ring is 1. The molecule has 1 heterocycles. The van der Waals surface area contributed by atoms with Gasteiger partial charge in [0.25, 0.3) is 0 Å². The molecule has 1 aromatic carbocycles. The number of ether oxygens (including phenoxy) is 1. The molecular weight excluding hydrogens is 222 g/mol. The molecule has 0 aliphatic rings. The predicted molar refractivity (Wildman–Crippen MR) is 59.5 cm³/mol. The minimum Gasteiger partial charge on any atom is -0.462 e. The monoisotopic (exact) mass is 233 g/mol. The second-order valence-corrected chi connectivity index (χ2v) is 3.25. The number of tetrazole rings is 1. The number of carbonyl (C=O) groups is 1. The first kappa shape index (κ1) is 11.1. The highest BCUT2D eigenvalue weighted by Crippen LogP contribution is 2.17. The number of aromatic nitrogens is 4. The Balaban J connectivity index is 2.48. The third-order valence-electron chi connectivity index (χ3n) is 2.11. The minimum absolute atomic E-state index is 0.294. The third kappa shape index (κ3) is 2.22. The number of hydrogen-bond donors (Lipinski definition) is 1. The fraction of sp³-hybridized carbons (Fsp3) is 0.200. The van der Waals surface area contributed by atoms with Gasteiger partial charge >= 0.3 is 5.97 Å². The molecule has 0 spiro atoms. The van der Waals surface area contributed by atoms with Gasteiger partial charge in [0.2, 0.25) is 0 Å². The lowest BCUT2D eigenvalue weighted by molar-refractivity contribution is 0.0526. The summed E-state index contributed by atoms with van der Waals surface area (Å²) in [7, 11) is 0. The van der Waals surface area contributed by atoms with Gasteiger partial charge in [-0.3, -0.25) is 0 Å². The SMILES string of the molecule is CCOC(=O)c1cc(N)ccc1-n1cnnn1. The molecule has 0 atom stereocenters. The van der Waals surface area contributed by atoms with Gasteiger partial charge in [-0.25, -0.2) is 4.79 Å². The molecule has 2 rings (SSSR count). The number of esters is 1. The van der Waals surface area contributed by atoms with E-state index in [-0.39, 0.29) is 0 Å². The Morgan fingerprint density at radius 1 is 1.53 bits per heavy atom. The summed E-state index contributed by atoms with van der Waals surface area (Å²) >= 11 is 0. The van der Waals surface area contributed by atoms with Crippen LogP contribution in [-0.4, -0.2) is 32.8 Å². The van der Waals surface area contributed by atoms with Crippen molar-refractivity contribution in [2.75, 3.05) is 12.3 Å². The number of anilines is 1. The number of nitrogens with zero attached hydrogens (tertiary/aromatic N) is 4. The van der Waals surface area contributed by atoms with E-state index in [2.05, 4.69) is 15.5 Å². The molecule has 0 radical (unpaired) electrons. The molecule has 17 heavy (non-hydrogen) atoms. The highest BCUT2D eigenvalue weighted by atomic mass is 16.5. The van der Waals surface area contributed by atoms with Crippen molar-refractivity contribution < 1.29 is 9.53 Å². The van der Waals surface area contributed by atoms with Gasteiger partial charge in [0, 0.05) is 5.69 Å². The number of carbonyl (C=O) groups excluding carboxylic acids is 1. The fourth-order valence-corrected chi connectivity index (χ4v) is 1.40. The zero-order valence-corrected chi connectivity index (χ0v) is 9.20. The first-order valence-corrected chi connectivity index (χ1v) is 5.02. The molecule has 7 nitrogen and oxygen atoms in total. The lowest BCUT2D eigenvalue weighted by Gasteiger charge is -2.08. The summed E-state index contributed by atoms with van der Waals surface area (Å²) in [6.45, 7) is 2.03. The topological polar surface area (TPSA) is 95.9 Å². The van der Waals surface area contributed by atoms with Gasteiger partial charge in [-0.05, 0) is 35.5 Å². The number of nitrogens with two attached hydrogens (primary N) is 1. The van der Waals surface area contributed by atoms with E-state index in [1.165, 1.54) is 17.1 Å². The van der Waals surface area contributed by atoms with Crippen LogP contribution < -0.4 is 5.73 Å². The maximum absolute atomic E-state index is 11.8. The summed E-state index contributed by atoms with van der Waals surface area (Å²) in [6.07, 6.45) is 1.40. The van der Waals surface area contributed by atoms with Crippen molar-refractivity contribution >= 4 is 11.7 Å². The van der Waals surface area contributed by atoms with Crippen LogP contribution in [0, 0.1) is 0 Å². The second kappa shape index (κ2) is 4.60. The molecule has 0 aliphatic carbocycles. The van der Waals surface area contributed by atoms with Crippen LogP contribution in [0.4, 0.5) is 5.69 Å². The Hall–Kier alpha value is -2.44. The predicted octanol–water partition coefficient (Wildman–Crippen LogP) is 0.421. The molecule has 0 amide bonds. The highest BCUT2D eigenvalue weighted by molar-refractivity contribution is 5.94. The summed E-state index contributed by atoms with van der Waals surface area (Å²) < 4.78 is 6.33. The van der Waals surface area contributed by atoms with Crippen LogP contribution in [0.3, 0.4) is 0 Å². The van der Waals surface area contributed by atoms with E-state index in [1.807, 2.05) is 0 Å². The maximum Gasteiger partial charge on any atom is 0.340 e. The van der Waals surface area contributed by atoms with Gasteiger partial charge < -0.3 is 10.5 Å². The third-order valence-corrected chi connectivity index (χ3v) is 2.11. The standard InChI is InChI=1S/C10H11N5O2/c1-2-17-10(16)8-5-7(11)3-4-9(8)15-6-12-13-14-15/h3-6H,2,11H2,1H3. The van der Waals surface area contributed by atoms with Gasteiger partial charge in [0.05, 0.1) is 17.9 Å². The van der Waals surface area contributed by atoms with Crippen molar-refractivity contribution in [3.05, 3.63) is 30.1 Å². The van der Waals surface area contributed by atoms with E-state index < -0.39 is 5.97 Å². The lowest BCUT2D eigenvalue weighted by atomic mass is 10.1. The van der Waals surface area contributed by atoms with Crippen LogP contribution in [0.15, 0.2) is 24.5 Å². The Labute approximate surface area is 97.2 Å². The molecule has 0 bridgehead atoms. The molecule has 0 fully saturated rings. The molecule has 0 saturated heterocycles. The van der Waals surface area contributed by atoms with Crippen LogP contribution in [0.25, 0.3) is 5.69 Å². The Kier molecular flexibility index (Phi) is 2.99. The van der Waals surface area contributed by atoms with Gasteiger partial charge in [-0.2, -0.15) is 4.68 Å². The number of benzene rings is 1. The Morgan fingerprint density at radius 3 is 3.00 bits per heavy atom. The zero-order valence-electron chi connectivity index (χ0n) is 9.20. The van der Waals surface area contributed by atoms with Gasteiger partial charge in [0.1, 0.15) is 6.33 Å². The summed E-state index contributed by atoms with van der Waals surface area (Å²) in [5.74, 6) is -0.453. The van der Waals surface area contributed by atoms with Crippen LogP contribution in [0.2, 0.25) is 0 Å². The average molecular weight is 233 g/mol. The van der Waals surface area contributed by atoms with Crippen LogP contribution >= 0.6 is 0 Å². The van der Waals surface area contributed by atoms with E-state index >= 15 is 0 Å². The smallest absolute Gasteiger partial charge is 0.340 e. The van der Waals surface area contributed by atoms with E-state index in [0.29, 0.717) is 23.5 Å². The van der Waals surface area contributed by atoms with Crippen molar-refractivity contribution in [1.29, 1.82) is 0 Å². The first-order chi connectivity index (χ1) is 8.22. The van der Waals surface area contributed by atoms with E-state index in [0.717, 1.165) is 0 Å².